The molecular formula is C4H12ClNO2. The quantitative estimate of drug-likeness (QED) is 0.480. The second kappa shape index (κ2) is 4.09. The van der Waals surface area contributed by atoms with Crippen LogP contribution in [0.5, 0.6) is 0 Å². The van der Waals surface area contributed by atoms with E-state index < -0.39 is 5.54 Å². The van der Waals surface area contributed by atoms with Crippen LogP contribution in [0.2, 0.25) is 0 Å². The van der Waals surface area contributed by atoms with Gasteiger partial charge < -0.3 is 10.3 Å². The Morgan fingerprint density at radius 3 is 1.88 bits per heavy atom. The maximum Gasteiger partial charge on any atom is 0.0630 e. The van der Waals surface area contributed by atoms with Crippen molar-refractivity contribution in [3.63, 3.8) is 0 Å². The summed E-state index contributed by atoms with van der Waals surface area (Å²) in [5, 5.41) is 16.6. The predicted molar refractivity (Wildman–Crippen MR) is 33.3 cm³/mol. The number of nitrogens with one attached hydrogen (secondary N) is 1. The first-order valence-corrected chi connectivity index (χ1v) is 2.14. The fraction of sp³-hybridized carbons (Fsp3) is 1.00. The molecule has 0 fully saturated rings. The molecule has 3 N–H and O–H groups in total. The van der Waals surface area contributed by atoms with Gasteiger partial charge in [0.25, 0.3) is 0 Å². The number of halogens is 1. The van der Waals surface area contributed by atoms with Gasteiger partial charge in [0.1, 0.15) is 0 Å². The number of hydrogen-bond donors (Lipinski definition) is 3. The van der Waals surface area contributed by atoms with Gasteiger partial charge in [-0.25, -0.2) is 0 Å². The second-order valence-electron chi connectivity index (χ2n) is 2.15. The normalized spacial score (nSPS) is 10.5. The van der Waals surface area contributed by atoms with Crippen LogP contribution in [0.3, 0.4) is 0 Å². The lowest BCUT2D eigenvalue weighted by Crippen LogP contribution is -2.40. The molecule has 0 rings (SSSR count). The van der Waals surface area contributed by atoms with Gasteiger partial charge in [0.2, 0.25) is 0 Å². The summed E-state index contributed by atoms with van der Waals surface area (Å²) in [6, 6.07) is 0. The zero-order chi connectivity index (χ0) is 5.91. The molecule has 0 amide bonds. The van der Waals surface area contributed by atoms with Gasteiger partial charge in [-0.3, -0.25) is 0 Å². The molecule has 0 atom stereocenters. The molecule has 8 heavy (non-hydrogen) atoms. The van der Waals surface area contributed by atoms with E-state index in [2.05, 4.69) is 0 Å². The van der Waals surface area contributed by atoms with Crippen molar-refractivity contribution >= 4 is 12.4 Å². The van der Waals surface area contributed by atoms with Gasteiger partial charge in [0.15, 0.2) is 0 Å². The molecule has 0 aliphatic carbocycles. The van der Waals surface area contributed by atoms with E-state index >= 15 is 0 Å². The Hall–Kier alpha value is 0.170. The van der Waals surface area contributed by atoms with Gasteiger partial charge in [-0.15, -0.1) is 12.4 Å². The number of rotatable bonds is 2. The number of aliphatic hydroxyl groups is 1. The Kier molecular flexibility index (Phi) is 5.64. The minimum Gasteiger partial charge on any atom is -0.394 e. The smallest absolute Gasteiger partial charge is 0.0630 e. The highest BCUT2D eigenvalue weighted by Gasteiger charge is 2.12. The Bertz CT molecular complexity index is 52.0. The standard InChI is InChI=1S/C4H11NO2.ClH/c1-4(2,3-6)5-7;/h5-7H,3H2,1-2H3;1H. The molecule has 0 aromatic heterocycles. The van der Waals surface area contributed by atoms with Gasteiger partial charge in [0, 0.05) is 0 Å². The molecule has 0 aromatic rings. The van der Waals surface area contributed by atoms with Crippen molar-refractivity contribution in [1.82, 2.24) is 5.48 Å². The molecule has 0 saturated carbocycles. The molecule has 0 aromatic carbocycles. The molecule has 0 heterocycles. The summed E-state index contributed by atoms with van der Waals surface area (Å²) in [7, 11) is 0. The Balaban J connectivity index is 0. The van der Waals surface area contributed by atoms with Crippen LogP contribution in [0.25, 0.3) is 0 Å². The lowest BCUT2D eigenvalue weighted by molar-refractivity contribution is 0.0434. The third-order valence-corrected chi connectivity index (χ3v) is 0.698. The van der Waals surface area contributed by atoms with E-state index in [1.54, 1.807) is 13.8 Å². The average Bonchev–Trinajstić information content (AvgIpc) is 1.68. The highest BCUT2D eigenvalue weighted by molar-refractivity contribution is 5.85. The Labute approximate surface area is 55.1 Å². The number of hydrogen-bond acceptors (Lipinski definition) is 3. The van der Waals surface area contributed by atoms with Gasteiger partial charge in [-0.2, -0.15) is 5.48 Å². The van der Waals surface area contributed by atoms with Crippen LogP contribution in [0.4, 0.5) is 0 Å². The molecule has 0 aliphatic heterocycles. The SMILES string of the molecule is CC(C)(CO)NO.Cl. The minimum absolute atomic E-state index is 0. The third-order valence-electron chi connectivity index (χ3n) is 0.698. The summed E-state index contributed by atoms with van der Waals surface area (Å²) in [4.78, 5) is 0. The van der Waals surface area contributed by atoms with Crippen LogP contribution in [0, 0.1) is 0 Å². The van der Waals surface area contributed by atoms with E-state index in [1.165, 1.54) is 0 Å². The maximum absolute atomic E-state index is 8.37. The first-order chi connectivity index (χ1) is 3.12. The molecular weight excluding hydrogens is 130 g/mol. The van der Waals surface area contributed by atoms with Crippen molar-refractivity contribution in [3.8, 4) is 0 Å². The summed E-state index contributed by atoms with van der Waals surface area (Å²) in [6.07, 6.45) is 0. The Morgan fingerprint density at radius 1 is 1.50 bits per heavy atom. The Morgan fingerprint density at radius 2 is 1.88 bits per heavy atom. The number of hydroxylamine groups is 1. The van der Waals surface area contributed by atoms with Crippen molar-refractivity contribution < 1.29 is 10.3 Å². The topological polar surface area (TPSA) is 52.5 Å². The van der Waals surface area contributed by atoms with Crippen LogP contribution < -0.4 is 5.48 Å². The van der Waals surface area contributed by atoms with Crippen LogP contribution in [0.1, 0.15) is 13.8 Å². The lowest BCUT2D eigenvalue weighted by atomic mass is 10.1. The van der Waals surface area contributed by atoms with Crippen LogP contribution in [-0.4, -0.2) is 22.5 Å². The van der Waals surface area contributed by atoms with Gasteiger partial charge in [-0.05, 0) is 13.8 Å². The van der Waals surface area contributed by atoms with E-state index in [9.17, 15) is 0 Å². The first-order valence-electron chi connectivity index (χ1n) is 2.14. The van der Waals surface area contributed by atoms with Crippen molar-refractivity contribution in [2.45, 2.75) is 19.4 Å². The van der Waals surface area contributed by atoms with Gasteiger partial charge in [0.05, 0.1) is 12.1 Å². The largest absolute Gasteiger partial charge is 0.394 e. The minimum atomic E-state index is -0.556. The number of aliphatic hydroxyl groups excluding tert-OH is 1. The van der Waals surface area contributed by atoms with Crippen LogP contribution >= 0.6 is 12.4 Å². The van der Waals surface area contributed by atoms with E-state index in [4.69, 9.17) is 10.3 Å². The maximum atomic E-state index is 8.37. The molecule has 0 spiro atoms. The third kappa shape index (κ3) is 4.33. The first kappa shape index (κ1) is 11.0. The monoisotopic (exact) mass is 141 g/mol. The van der Waals surface area contributed by atoms with Crippen molar-refractivity contribution in [1.29, 1.82) is 0 Å². The summed E-state index contributed by atoms with van der Waals surface area (Å²) >= 11 is 0. The highest BCUT2D eigenvalue weighted by atomic mass is 35.5. The molecule has 0 saturated heterocycles. The molecule has 52 valence electrons. The molecule has 0 unspecified atom stereocenters. The molecule has 0 radical (unpaired) electrons. The highest BCUT2D eigenvalue weighted by Crippen LogP contribution is 1.95. The van der Waals surface area contributed by atoms with Crippen molar-refractivity contribution in [2.75, 3.05) is 6.61 Å². The fourth-order valence-corrected chi connectivity index (χ4v) is 0.0354. The molecule has 4 heteroatoms. The van der Waals surface area contributed by atoms with Crippen molar-refractivity contribution in [2.24, 2.45) is 0 Å². The summed E-state index contributed by atoms with van der Waals surface area (Å²) in [5.41, 5.74) is 1.39. The van der Waals surface area contributed by atoms with E-state index in [0.717, 1.165) is 0 Å². The van der Waals surface area contributed by atoms with E-state index in [-0.39, 0.29) is 19.0 Å². The molecule has 0 bridgehead atoms. The van der Waals surface area contributed by atoms with E-state index in [1.807, 2.05) is 5.48 Å². The van der Waals surface area contributed by atoms with Crippen molar-refractivity contribution in [3.05, 3.63) is 0 Å². The fourth-order valence-electron chi connectivity index (χ4n) is 0.0354. The lowest BCUT2D eigenvalue weighted by Gasteiger charge is -2.17. The molecule has 3 nitrogen and oxygen atoms in total. The zero-order valence-corrected chi connectivity index (χ0v) is 5.83. The predicted octanol–water partition coefficient (Wildman–Crippen LogP) is 0.158. The zero-order valence-electron chi connectivity index (χ0n) is 5.01. The van der Waals surface area contributed by atoms with Gasteiger partial charge in [-0.1, -0.05) is 0 Å². The van der Waals surface area contributed by atoms with Crippen LogP contribution in [0.15, 0.2) is 0 Å². The summed E-state index contributed by atoms with van der Waals surface area (Å²) in [5.74, 6) is 0. The summed E-state index contributed by atoms with van der Waals surface area (Å²) < 4.78 is 0. The van der Waals surface area contributed by atoms with Crippen LogP contribution in [-0.2, 0) is 0 Å². The average molecular weight is 142 g/mol. The van der Waals surface area contributed by atoms with E-state index in [0.29, 0.717) is 0 Å². The summed E-state index contributed by atoms with van der Waals surface area (Å²) in [6.45, 7) is 3.31. The second-order valence-corrected chi connectivity index (χ2v) is 2.15. The van der Waals surface area contributed by atoms with Gasteiger partial charge >= 0.3 is 0 Å². The molecule has 0 aliphatic rings.